The summed E-state index contributed by atoms with van der Waals surface area (Å²) < 4.78 is 0. The lowest BCUT2D eigenvalue weighted by atomic mass is 10.1. The summed E-state index contributed by atoms with van der Waals surface area (Å²) in [4.78, 5) is 9.58. The number of anilines is 1. The molecule has 1 fully saturated rings. The summed E-state index contributed by atoms with van der Waals surface area (Å²) in [6.45, 7) is 15.7. The highest BCUT2D eigenvalue weighted by molar-refractivity contribution is 5.91. The highest BCUT2D eigenvalue weighted by atomic mass is 15.3. The van der Waals surface area contributed by atoms with Crippen LogP contribution in [0.1, 0.15) is 38.8 Å². The van der Waals surface area contributed by atoms with Gasteiger partial charge in [0.15, 0.2) is 0 Å². The van der Waals surface area contributed by atoms with Crippen molar-refractivity contribution in [1.29, 1.82) is 0 Å². The Bertz CT molecular complexity index is 846. The van der Waals surface area contributed by atoms with Crippen LogP contribution in [0.5, 0.6) is 0 Å². The molecule has 0 aliphatic carbocycles. The van der Waals surface area contributed by atoms with Gasteiger partial charge in [0, 0.05) is 50.0 Å². The van der Waals surface area contributed by atoms with Crippen LogP contribution < -0.4 is 4.90 Å². The second kappa shape index (κ2) is 12.2. The van der Waals surface area contributed by atoms with Gasteiger partial charge in [0.1, 0.15) is 0 Å². The molecule has 0 radical (unpaired) electrons. The van der Waals surface area contributed by atoms with Gasteiger partial charge in [-0.25, -0.2) is 0 Å². The van der Waals surface area contributed by atoms with Gasteiger partial charge >= 0.3 is 0 Å². The van der Waals surface area contributed by atoms with Crippen LogP contribution in [-0.4, -0.2) is 42.6 Å². The van der Waals surface area contributed by atoms with Crippen molar-refractivity contribution in [3.05, 3.63) is 71.9 Å². The van der Waals surface area contributed by atoms with E-state index in [9.17, 15) is 0 Å². The molecule has 1 aliphatic rings. The van der Waals surface area contributed by atoms with E-state index >= 15 is 0 Å². The second-order valence-corrected chi connectivity index (χ2v) is 6.91. The standard InChI is InChI=1S/C22H25N3.2C2H6/c1-18-5-2-6-19(17-18)10-12-24-13-15-25(16-14-24)22-9-3-8-21-20(22)7-4-11-23-21;2*1-2/h2-9,11,17H,10,12-16H2,1H3;2*1-2H3. The van der Waals surface area contributed by atoms with Crippen LogP contribution >= 0.6 is 0 Å². The lowest BCUT2D eigenvalue weighted by molar-refractivity contribution is 0.261. The molecule has 156 valence electrons. The Morgan fingerprint density at radius 3 is 2.28 bits per heavy atom. The first-order chi connectivity index (χ1) is 14.3. The molecule has 0 amide bonds. The van der Waals surface area contributed by atoms with Gasteiger partial charge in [0.25, 0.3) is 0 Å². The van der Waals surface area contributed by atoms with Crippen LogP contribution in [0.2, 0.25) is 0 Å². The first kappa shape index (κ1) is 22.9. The summed E-state index contributed by atoms with van der Waals surface area (Å²) >= 11 is 0. The van der Waals surface area contributed by atoms with E-state index in [0.29, 0.717) is 0 Å². The molecular formula is C26H37N3. The zero-order valence-corrected chi connectivity index (χ0v) is 18.9. The molecule has 1 saturated heterocycles. The molecule has 29 heavy (non-hydrogen) atoms. The lowest BCUT2D eigenvalue weighted by Crippen LogP contribution is -2.47. The number of hydrogen-bond acceptors (Lipinski definition) is 3. The number of aromatic nitrogens is 1. The minimum atomic E-state index is 1.09. The van der Waals surface area contributed by atoms with Gasteiger partial charge in [0.05, 0.1) is 5.52 Å². The van der Waals surface area contributed by atoms with Crippen molar-refractivity contribution in [2.75, 3.05) is 37.6 Å². The van der Waals surface area contributed by atoms with Crippen LogP contribution in [0.4, 0.5) is 5.69 Å². The van der Waals surface area contributed by atoms with E-state index in [1.54, 1.807) is 0 Å². The quantitative estimate of drug-likeness (QED) is 0.547. The van der Waals surface area contributed by atoms with Crippen molar-refractivity contribution >= 4 is 16.6 Å². The highest BCUT2D eigenvalue weighted by Crippen LogP contribution is 2.26. The second-order valence-electron chi connectivity index (χ2n) is 6.91. The molecule has 4 rings (SSSR count). The summed E-state index contributed by atoms with van der Waals surface area (Å²) in [5.41, 5.74) is 5.21. The van der Waals surface area contributed by atoms with Gasteiger partial charge in [-0.2, -0.15) is 0 Å². The Labute approximate surface area is 177 Å². The van der Waals surface area contributed by atoms with Gasteiger partial charge in [-0.1, -0.05) is 63.6 Å². The molecule has 0 bridgehead atoms. The van der Waals surface area contributed by atoms with Crippen molar-refractivity contribution in [3.63, 3.8) is 0 Å². The van der Waals surface area contributed by atoms with Crippen molar-refractivity contribution in [2.24, 2.45) is 0 Å². The number of nitrogens with zero attached hydrogens (tertiary/aromatic N) is 3. The van der Waals surface area contributed by atoms with E-state index in [1.807, 2.05) is 40.0 Å². The number of fused-ring (bicyclic) bond motifs is 1. The van der Waals surface area contributed by atoms with Gasteiger partial charge < -0.3 is 4.90 Å². The molecule has 0 spiro atoms. The normalized spacial score (nSPS) is 13.9. The lowest BCUT2D eigenvalue weighted by Gasteiger charge is -2.36. The number of benzene rings is 2. The molecule has 0 N–H and O–H groups in total. The van der Waals surface area contributed by atoms with Gasteiger partial charge in [-0.05, 0) is 43.2 Å². The van der Waals surface area contributed by atoms with Crippen LogP contribution in [0.15, 0.2) is 60.8 Å². The fourth-order valence-corrected chi connectivity index (χ4v) is 3.73. The number of hydrogen-bond donors (Lipinski definition) is 0. The maximum absolute atomic E-state index is 4.48. The van der Waals surface area contributed by atoms with E-state index in [-0.39, 0.29) is 0 Å². The first-order valence-electron chi connectivity index (χ1n) is 11.2. The summed E-state index contributed by atoms with van der Waals surface area (Å²) in [5, 5.41) is 1.26. The maximum atomic E-state index is 4.48. The van der Waals surface area contributed by atoms with Crippen LogP contribution in [0.25, 0.3) is 10.9 Å². The Hall–Kier alpha value is -2.39. The zero-order chi connectivity index (χ0) is 21.1. The number of rotatable bonds is 4. The molecule has 2 aromatic carbocycles. The Morgan fingerprint density at radius 2 is 1.55 bits per heavy atom. The Balaban J connectivity index is 0.000000707. The first-order valence-corrected chi connectivity index (χ1v) is 11.2. The number of piperazine rings is 1. The zero-order valence-electron chi connectivity index (χ0n) is 18.9. The predicted molar refractivity (Wildman–Crippen MR) is 128 cm³/mol. The maximum Gasteiger partial charge on any atom is 0.0722 e. The van der Waals surface area contributed by atoms with Crippen LogP contribution in [-0.2, 0) is 6.42 Å². The topological polar surface area (TPSA) is 19.4 Å². The summed E-state index contributed by atoms with van der Waals surface area (Å²) in [5.74, 6) is 0. The van der Waals surface area contributed by atoms with E-state index in [1.165, 1.54) is 22.2 Å². The van der Waals surface area contributed by atoms with Crippen LogP contribution in [0, 0.1) is 6.92 Å². The molecular weight excluding hydrogens is 354 g/mol. The monoisotopic (exact) mass is 391 g/mol. The van der Waals surface area contributed by atoms with Crippen molar-refractivity contribution < 1.29 is 0 Å². The molecule has 3 aromatic rings. The van der Waals surface area contributed by atoms with Crippen molar-refractivity contribution in [3.8, 4) is 0 Å². The third-order valence-electron chi connectivity index (χ3n) is 5.13. The Morgan fingerprint density at radius 1 is 0.828 bits per heavy atom. The van der Waals surface area contributed by atoms with Crippen molar-refractivity contribution in [1.82, 2.24) is 9.88 Å². The van der Waals surface area contributed by atoms with E-state index in [2.05, 4.69) is 70.2 Å². The van der Waals surface area contributed by atoms with E-state index < -0.39 is 0 Å². The molecule has 2 heterocycles. The summed E-state index contributed by atoms with van der Waals surface area (Å²) in [7, 11) is 0. The van der Waals surface area contributed by atoms with Gasteiger partial charge in [0.2, 0.25) is 0 Å². The Kier molecular flexibility index (Phi) is 9.66. The molecule has 1 aromatic heterocycles. The molecule has 0 unspecified atom stereocenters. The third kappa shape index (κ3) is 6.30. The van der Waals surface area contributed by atoms with E-state index in [0.717, 1.165) is 44.7 Å². The summed E-state index contributed by atoms with van der Waals surface area (Å²) in [6.07, 6.45) is 3.01. The highest BCUT2D eigenvalue weighted by Gasteiger charge is 2.18. The largest absolute Gasteiger partial charge is 0.368 e. The predicted octanol–water partition coefficient (Wildman–Crippen LogP) is 5.96. The smallest absolute Gasteiger partial charge is 0.0722 e. The molecule has 3 heteroatoms. The molecule has 0 atom stereocenters. The number of pyridine rings is 1. The fraction of sp³-hybridized carbons (Fsp3) is 0.423. The van der Waals surface area contributed by atoms with E-state index in [4.69, 9.17) is 0 Å². The van der Waals surface area contributed by atoms with Gasteiger partial charge in [-0.15, -0.1) is 0 Å². The minimum Gasteiger partial charge on any atom is -0.368 e. The average molecular weight is 392 g/mol. The molecule has 3 nitrogen and oxygen atoms in total. The van der Waals surface area contributed by atoms with Crippen molar-refractivity contribution in [2.45, 2.75) is 41.0 Å². The molecule has 1 aliphatic heterocycles. The SMILES string of the molecule is CC.CC.Cc1cccc(CCN2CCN(c3cccc4ncccc34)CC2)c1. The van der Waals surface area contributed by atoms with Gasteiger partial charge in [-0.3, -0.25) is 9.88 Å². The van der Waals surface area contributed by atoms with Crippen LogP contribution in [0.3, 0.4) is 0 Å². The minimum absolute atomic E-state index is 1.09. The summed E-state index contributed by atoms with van der Waals surface area (Å²) in [6, 6.07) is 19.5. The molecule has 0 saturated carbocycles. The number of aryl methyl sites for hydroxylation is 1. The fourth-order valence-electron chi connectivity index (χ4n) is 3.73. The third-order valence-corrected chi connectivity index (χ3v) is 5.13. The average Bonchev–Trinajstić information content (AvgIpc) is 2.80.